The number of carbonyl (C=O) groups is 3. The number of para-hydroxylation sites is 1. The SMILES string of the molecule is Nc1c(C(F)(F)F)cc(C[C@@H](OC(=O)N2CCC3(CC2)CC(=O)Nc2ccccc23)C(=O)N2CCC(C3CCNCC3)CC2)cc1C(F)(F)F. The van der Waals surface area contributed by atoms with Gasteiger partial charge in [0.05, 0.1) is 16.8 Å². The molecule has 0 unspecified atom stereocenters. The molecule has 6 rings (SSSR count). The summed E-state index contributed by atoms with van der Waals surface area (Å²) in [5, 5.41) is 6.21. The monoisotopic (exact) mass is 709 g/mol. The van der Waals surface area contributed by atoms with E-state index in [0.29, 0.717) is 68.4 Å². The molecule has 3 amide bonds. The van der Waals surface area contributed by atoms with Gasteiger partial charge in [-0.1, -0.05) is 18.2 Å². The molecule has 4 heterocycles. The van der Waals surface area contributed by atoms with Crippen LogP contribution in [0.2, 0.25) is 0 Å². The van der Waals surface area contributed by atoms with Crippen LogP contribution in [0.5, 0.6) is 0 Å². The van der Waals surface area contributed by atoms with E-state index in [1.807, 2.05) is 24.3 Å². The van der Waals surface area contributed by atoms with Crippen molar-refractivity contribution >= 4 is 29.3 Å². The minimum atomic E-state index is -5.20. The highest BCUT2D eigenvalue weighted by Crippen LogP contribution is 2.45. The molecule has 1 spiro atoms. The maximum Gasteiger partial charge on any atom is 0.418 e. The van der Waals surface area contributed by atoms with Gasteiger partial charge in [0, 0.05) is 50.1 Å². The summed E-state index contributed by atoms with van der Waals surface area (Å²) in [4.78, 5) is 43.0. The molecule has 0 saturated carbocycles. The van der Waals surface area contributed by atoms with E-state index in [2.05, 4.69) is 10.6 Å². The van der Waals surface area contributed by atoms with E-state index in [-0.39, 0.29) is 25.4 Å². The van der Waals surface area contributed by atoms with Crippen LogP contribution < -0.4 is 16.4 Å². The van der Waals surface area contributed by atoms with E-state index in [1.54, 1.807) is 0 Å². The molecule has 4 aliphatic heterocycles. The van der Waals surface area contributed by atoms with Gasteiger partial charge in [-0.3, -0.25) is 9.59 Å². The zero-order valence-corrected chi connectivity index (χ0v) is 27.5. The second-order valence-electron chi connectivity index (χ2n) is 14.0. The highest BCUT2D eigenvalue weighted by molar-refractivity contribution is 5.95. The summed E-state index contributed by atoms with van der Waals surface area (Å²) in [7, 11) is 0. The summed E-state index contributed by atoms with van der Waals surface area (Å²) in [6.45, 7) is 2.83. The van der Waals surface area contributed by atoms with Crippen molar-refractivity contribution in [2.45, 2.75) is 75.2 Å². The number of nitrogens with two attached hydrogens (primary N) is 1. The number of nitrogens with zero attached hydrogens (tertiary/aromatic N) is 2. The van der Waals surface area contributed by atoms with Gasteiger partial charge >= 0.3 is 18.4 Å². The molecule has 0 radical (unpaired) electrons. The Hall–Kier alpha value is -4.01. The number of fused-ring (bicyclic) bond motifs is 2. The number of carbonyl (C=O) groups excluding carboxylic acids is 3. The summed E-state index contributed by atoms with van der Waals surface area (Å²) in [6, 6.07) is 8.40. The van der Waals surface area contributed by atoms with Gasteiger partial charge in [0.15, 0.2) is 6.10 Å². The topological polar surface area (TPSA) is 117 Å². The van der Waals surface area contributed by atoms with E-state index in [1.165, 1.54) is 9.80 Å². The first kappa shape index (κ1) is 35.8. The standard InChI is InChI=1S/C35H41F6N5O4/c36-34(37,38)25-17-21(18-26(30(25)42)35(39,40)41)19-28(31(48)45-13-7-23(8-14-45)22-5-11-43-12-6-22)50-32(49)46-15-9-33(10-16-46)20-29(47)44-27-4-2-1-3-24(27)33/h1-4,17-18,22-23,28,43H,5-16,19-20,42H2,(H,44,47)/t28-/m1/s1. The Morgan fingerprint density at radius 2 is 1.46 bits per heavy atom. The van der Waals surface area contributed by atoms with Crippen LogP contribution in [0.3, 0.4) is 0 Å². The molecule has 2 aromatic rings. The zero-order chi connectivity index (χ0) is 35.8. The van der Waals surface area contributed by atoms with Gasteiger partial charge in [0.1, 0.15) is 0 Å². The number of halogens is 6. The molecule has 3 saturated heterocycles. The Morgan fingerprint density at radius 1 is 0.880 bits per heavy atom. The number of amides is 3. The Labute approximate surface area is 285 Å². The van der Waals surface area contributed by atoms with E-state index in [9.17, 15) is 40.7 Å². The average Bonchev–Trinajstić information content (AvgIpc) is 3.08. The molecular formula is C35H41F6N5O4. The number of alkyl halides is 6. The van der Waals surface area contributed by atoms with Crippen molar-refractivity contribution < 1.29 is 45.5 Å². The molecule has 9 nitrogen and oxygen atoms in total. The van der Waals surface area contributed by atoms with Gasteiger partial charge in [-0.25, -0.2) is 4.79 Å². The van der Waals surface area contributed by atoms with Crippen molar-refractivity contribution in [1.82, 2.24) is 15.1 Å². The van der Waals surface area contributed by atoms with Crippen molar-refractivity contribution in [2.75, 3.05) is 50.3 Å². The molecule has 50 heavy (non-hydrogen) atoms. The predicted molar refractivity (Wildman–Crippen MR) is 172 cm³/mol. The fourth-order valence-corrected chi connectivity index (χ4v) is 8.22. The van der Waals surface area contributed by atoms with Crippen LogP contribution in [0.25, 0.3) is 0 Å². The first-order valence-electron chi connectivity index (χ1n) is 17.1. The van der Waals surface area contributed by atoms with Crippen molar-refractivity contribution in [2.24, 2.45) is 11.8 Å². The lowest BCUT2D eigenvalue weighted by Crippen LogP contribution is -2.51. The zero-order valence-electron chi connectivity index (χ0n) is 27.5. The Balaban J connectivity index is 1.22. The quantitative estimate of drug-likeness (QED) is 0.261. The number of likely N-dealkylation sites (tertiary alicyclic amines) is 2. The summed E-state index contributed by atoms with van der Waals surface area (Å²) >= 11 is 0. The van der Waals surface area contributed by atoms with Crippen LogP contribution >= 0.6 is 0 Å². The molecule has 4 aliphatic rings. The number of nitrogen functional groups attached to an aromatic ring is 1. The van der Waals surface area contributed by atoms with Crippen LogP contribution in [-0.2, 0) is 38.5 Å². The Bertz CT molecular complexity index is 1560. The van der Waals surface area contributed by atoms with Gasteiger partial charge < -0.3 is 30.9 Å². The van der Waals surface area contributed by atoms with Crippen molar-refractivity contribution in [3.63, 3.8) is 0 Å². The number of hydrogen-bond acceptors (Lipinski definition) is 6. The number of ether oxygens (including phenoxy) is 1. The lowest BCUT2D eigenvalue weighted by molar-refractivity contribution is -0.142. The molecule has 4 N–H and O–H groups in total. The minimum Gasteiger partial charge on any atom is -0.436 e. The minimum absolute atomic E-state index is 0.144. The summed E-state index contributed by atoms with van der Waals surface area (Å²) < 4.78 is 88.8. The first-order valence-corrected chi connectivity index (χ1v) is 17.1. The van der Waals surface area contributed by atoms with Gasteiger partial charge in [-0.05, 0) is 92.8 Å². The number of anilines is 2. The third-order valence-corrected chi connectivity index (χ3v) is 10.9. The molecule has 3 fully saturated rings. The van der Waals surface area contributed by atoms with Gasteiger partial charge in [-0.2, -0.15) is 26.3 Å². The van der Waals surface area contributed by atoms with Crippen LogP contribution in [0.4, 0.5) is 42.5 Å². The average molecular weight is 710 g/mol. The normalized spacial score (nSPS) is 21.0. The molecule has 0 aromatic heterocycles. The molecule has 0 aliphatic carbocycles. The Kier molecular flexibility index (Phi) is 9.99. The van der Waals surface area contributed by atoms with Crippen molar-refractivity contribution in [3.05, 3.63) is 58.7 Å². The molecule has 272 valence electrons. The van der Waals surface area contributed by atoms with Gasteiger partial charge in [-0.15, -0.1) is 0 Å². The van der Waals surface area contributed by atoms with Gasteiger partial charge in [0.2, 0.25) is 5.91 Å². The van der Waals surface area contributed by atoms with E-state index in [0.717, 1.165) is 31.5 Å². The second-order valence-corrected chi connectivity index (χ2v) is 14.0. The lowest BCUT2D eigenvalue weighted by Gasteiger charge is -2.44. The van der Waals surface area contributed by atoms with E-state index >= 15 is 0 Å². The number of nitrogens with one attached hydrogen (secondary N) is 2. The van der Waals surface area contributed by atoms with E-state index < -0.39 is 64.7 Å². The maximum atomic E-state index is 14.0. The fraction of sp³-hybridized carbons (Fsp3) is 0.571. The molecule has 15 heteroatoms. The van der Waals surface area contributed by atoms with Crippen LogP contribution in [0.1, 0.15) is 67.2 Å². The molecule has 1 atom stereocenters. The fourth-order valence-electron chi connectivity index (χ4n) is 8.22. The third-order valence-electron chi connectivity index (χ3n) is 10.9. The predicted octanol–water partition coefficient (Wildman–Crippen LogP) is 5.97. The summed E-state index contributed by atoms with van der Waals surface area (Å²) in [5.74, 6) is 0.0698. The largest absolute Gasteiger partial charge is 0.436 e. The smallest absolute Gasteiger partial charge is 0.418 e. The maximum absolute atomic E-state index is 14.0. The number of benzene rings is 2. The van der Waals surface area contributed by atoms with Crippen LogP contribution in [0, 0.1) is 11.8 Å². The molecule has 0 bridgehead atoms. The number of hydrogen-bond donors (Lipinski definition) is 3. The van der Waals surface area contributed by atoms with E-state index in [4.69, 9.17) is 10.5 Å². The van der Waals surface area contributed by atoms with Crippen molar-refractivity contribution in [3.8, 4) is 0 Å². The highest BCUT2D eigenvalue weighted by atomic mass is 19.4. The lowest BCUT2D eigenvalue weighted by atomic mass is 9.68. The summed E-state index contributed by atoms with van der Waals surface area (Å²) in [5.41, 5.74) is 1.17. The highest BCUT2D eigenvalue weighted by Gasteiger charge is 2.45. The number of piperidine rings is 3. The van der Waals surface area contributed by atoms with Crippen LogP contribution in [0.15, 0.2) is 36.4 Å². The first-order chi connectivity index (χ1) is 23.6. The van der Waals surface area contributed by atoms with Crippen LogP contribution in [-0.4, -0.2) is 73.1 Å². The Morgan fingerprint density at radius 3 is 2.06 bits per heavy atom. The second kappa shape index (κ2) is 14.0. The number of rotatable bonds is 5. The third kappa shape index (κ3) is 7.52. The summed E-state index contributed by atoms with van der Waals surface area (Å²) in [6.07, 6.45) is -9.22. The molecule has 2 aromatic carbocycles. The van der Waals surface area contributed by atoms with Crippen molar-refractivity contribution in [1.29, 1.82) is 0 Å². The molecular weight excluding hydrogens is 668 g/mol. The van der Waals surface area contributed by atoms with Gasteiger partial charge in [0.25, 0.3) is 5.91 Å².